The van der Waals surface area contributed by atoms with Crippen LogP contribution >= 0.6 is 23.2 Å². The molecule has 0 aliphatic rings. The summed E-state index contributed by atoms with van der Waals surface area (Å²) in [5, 5.41) is 7.54. The molecule has 2 rings (SSSR count). The van der Waals surface area contributed by atoms with Crippen molar-refractivity contribution >= 4 is 41.2 Å². The Morgan fingerprint density at radius 2 is 1.82 bits per heavy atom. The smallest absolute Gasteiger partial charge is 0.262 e. The summed E-state index contributed by atoms with van der Waals surface area (Å²) in [6.07, 6.45) is 1.11. The van der Waals surface area contributed by atoms with Crippen LogP contribution in [-0.2, 0) is 9.59 Å². The molecule has 0 radical (unpaired) electrons. The molecule has 0 unspecified atom stereocenters. The second-order valence-corrected chi connectivity index (χ2v) is 8.83. The van der Waals surface area contributed by atoms with Gasteiger partial charge in [0.1, 0.15) is 17.5 Å². The molecule has 9 heteroatoms. The summed E-state index contributed by atoms with van der Waals surface area (Å²) >= 11 is 12.0. The van der Waals surface area contributed by atoms with Gasteiger partial charge >= 0.3 is 0 Å². The van der Waals surface area contributed by atoms with Crippen LogP contribution in [0.3, 0.4) is 0 Å². The summed E-state index contributed by atoms with van der Waals surface area (Å²) in [6, 6.07) is 9.48. The second kappa shape index (κ2) is 12.5. The van der Waals surface area contributed by atoms with Crippen molar-refractivity contribution in [2.75, 3.05) is 7.11 Å². The molecule has 0 saturated heterocycles. The van der Waals surface area contributed by atoms with Crippen LogP contribution in [0.25, 0.3) is 0 Å². The summed E-state index contributed by atoms with van der Waals surface area (Å²) in [5.74, 6) is 0.362. The highest BCUT2D eigenvalue weighted by molar-refractivity contribution is 6.35. The maximum atomic E-state index is 12.7. The fourth-order valence-corrected chi connectivity index (χ4v) is 3.42. The summed E-state index contributed by atoms with van der Waals surface area (Å²) < 4.78 is 10.8. The first kappa shape index (κ1) is 26.5. The highest BCUT2D eigenvalue weighted by atomic mass is 35.5. The number of amides is 2. The van der Waals surface area contributed by atoms with Crippen LogP contribution in [0.15, 0.2) is 41.5 Å². The van der Waals surface area contributed by atoms with Crippen LogP contribution in [0.1, 0.15) is 38.3 Å². The third kappa shape index (κ3) is 8.26. The highest BCUT2D eigenvalue weighted by Gasteiger charge is 2.25. The van der Waals surface area contributed by atoms with Crippen LogP contribution in [0.4, 0.5) is 0 Å². The number of aryl methyl sites for hydroxylation is 1. The Morgan fingerprint density at radius 3 is 2.42 bits per heavy atom. The van der Waals surface area contributed by atoms with Gasteiger partial charge in [-0.1, -0.05) is 37.0 Å². The van der Waals surface area contributed by atoms with E-state index in [0.717, 1.165) is 16.9 Å². The van der Waals surface area contributed by atoms with Crippen molar-refractivity contribution in [1.29, 1.82) is 0 Å². The van der Waals surface area contributed by atoms with Crippen LogP contribution in [-0.4, -0.2) is 37.3 Å². The molecule has 0 spiro atoms. The fourth-order valence-electron chi connectivity index (χ4n) is 2.97. The first-order valence-electron chi connectivity index (χ1n) is 10.5. The van der Waals surface area contributed by atoms with Gasteiger partial charge in [-0.2, -0.15) is 5.10 Å². The highest BCUT2D eigenvalue weighted by Crippen LogP contribution is 2.28. The van der Waals surface area contributed by atoms with Crippen molar-refractivity contribution in [2.45, 2.75) is 46.3 Å². The van der Waals surface area contributed by atoms with Gasteiger partial charge in [0.15, 0.2) is 6.10 Å². The van der Waals surface area contributed by atoms with Crippen molar-refractivity contribution in [3.8, 4) is 11.5 Å². The van der Waals surface area contributed by atoms with Crippen LogP contribution in [0.5, 0.6) is 11.5 Å². The molecule has 2 N–H and O–H groups in total. The van der Waals surface area contributed by atoms with Crippen molar-refractivity contribution in [3.63, 3.8) is 0 Å². The quantitative estimate of drug-likeness (QED) is 0.368. The number of benzene rings is 2. The zero-order chi connectivity index (χ0) is 24.5. The van der Waals surface area contributed by atoms with Gasteiger partial charge in [-0.05, 0) is 73.7 Å². The van der Waals surface area contributed by atoms with Gasteiger partial charge < -0.3 is 14.8 Å². The second-order valence-electron chi connectivity index (χ2n) is 7.98. The average Bonchev–Trinajstić information content (AvgIpc) is 2.75. The number of hydrogen-bond acceptors (Lipinski definition) is 5. The minimum Gasteiger partial charge on any atom is -0.497 e. The molecule has 2 amide bonds. The number of hydrogen-bond donors (Lipinski definition) is 2. The first-order chi connectivity index (χ1) is 15.6. The Kier molecular flexibility index (Phi) is 10.0. The molecule has 178 valence electrons. The van der Waals surface area contributed by atoms with E-state index in [2.05, 4.69) is 15.8 Å². The molecule has 0 aliphatic carbocycles. The number of ether oxygens (including phenoxy) is 2. The molecule has 33 heavy (non-hydrogen) atoms. The van der Waals surface area contributed by atoms with Crippen molar-refractivity contribution < 1.29 is 19.1 Å². The lowest BCUT2D eigenvalue weighted by atomic mass is 10.0. The van der Waals surface area contributed by atoms with Gasteiger partial charge in [0.2, 0.25) is 0 Å². The third-order valence-corrected chi connectivity index (χ3v) is 5.29. The monoisotopic (exact) mass is 493 g/mol. The number of nitrogens with zero attached hydrogens (tertiary/aromatic N) is 1. The largest absolute Gasteiger partial charge is 0.497 e. The maximum absolute atomic E-state index is 12.7. The van der Waals surface area contributed by atoms with Crippen LogP contribution in [0, 0.1) is 12.8 Å². The number of halogens is 2. The molecule has 0 fully saturated rings. The van der Waals surface area contributed by atoms with E-state index >= 15 is 0 Å². The van der Waals surface area contributed by atoms with E-state index < -0.39 is 24.0 Å². The van der Waals surface area contributed by atoms with Gasteiger partial charge in [0, 0.05) is 5.02 Å². The predicted octanol–water partition coefficient (Wildman–Crippen LogP) is 4.76. The molecular weight excluding hydrogens is 465 g/mol. The predicted molar refractivity (Wildman–Crippen MR) is 131 cm³/mol. The molecule has 0 bridgehead atoms. The normalized spacial score (nSPS) is 13.0. The van der Waals surface area contributed by atoms with E-state index in [1.165, 1.54) is 6.07 Å². The Bertz CT molecular complexity index is 1010. The number of hydrazone groups is 1. The summed E-state index contributed by atoms with van der Waals surface area (Å²) in [6.45, 7) is 7.42. The van der Waals surface area contributed by atoms with E-state index in [-0.39, 0.29) is 5.92 Å². The topological polar surface area (TPSA) is 89.0 Å². The van der Waals surface area contributed by atoms with E-state index in [0.29, 0.717) is 22.2 Å². The number of carbonyl (C=O) groups is 2. The van der Waals surface area contributed by atoms with E-state index in [4.69, 9.17) is 32.7 Å². The third-order valence-electron chi connectivity index (χ3n) is 4.76. The zero-order valence-electron chi connectivity index (χ0n) is 19.3. The maximum Gasteiger partial charge on any atom is 0.262 e. The minimum absolute atomic E-state index is 0.163. The van der Waals surface area contributed by atoms with Crippen molar-refractivity contribution in [3.05, 3.63) is 57.6 Å². The fraction of sp³-hybridized carbons (Fsp3) is 0.375. The van der Waals surface area contributed by atoms with E-state index in [1.807, 2.05) is 39.0 Å². The van der Waals surface area contributed by atoms with E-state index in [9.17, 15) is 9.59 Å². The lowest BCUT2D eigenvalue weighted by Gasteiger charge is -2.22. The Balaban J connectivity index is 2.02. The molecule has 0 saturated carbocycles. The summed E-state index contributed by atoms with van der Waals surface area (Å²) in [5.41, 5.74) is 4.30. The van der Waals surface area contributed by atoms with Crippen molar-refractivity contribution in [1.82, 2.24) is 10.7 Å². The molecule has 2 aromatic carbocycles. The summed E-state index contributed by atoms with van der Waals surface area (Å²) in [7, 11) is 1.60. The first-order valence-corrected chi connectivity index (χ1v) is 11.3. The lowest BCUT2D eigenvalue weighted by molar-refractivity contribution is -0.132. The Morgan fingerprint density at radius 1 is 1.09 bits per heavy atom. The van der Waals surface area contributed by atoms with Crippen LogP contribution in [0.2, 0.25) is 10.0 Å². The summed E-state index contributed by atoms with van der Waals surface area (Å²) in [4.78, 5) is 25.4. The molecule has 7 nitrogen and oxygen atoms in total. The molecule has 2 aromatic rings. The van der Waals surface area contributed by atoms with Gasteiger partial charge in [0.05, 0.1) is 18.3 Å². The molecular formula is C24H29Cl2N3O4. The Hall–Kier alpha value is -2.77. The number of methoxy groups -OCH3 is 1. The average molecular weight is 494 g/mol. The Labute approximate surface area is 204 Å². The van der Waals surface area contributed by atoms with E-state index in [1.54, 1.807) is 32.4 Å². The molecule has 2 atom stereocenters. The molecule has 0 aliphatic heterocycles. The number of nitrogens with one attached hydrogen (secondary N) is 2. The number of carbonyl (C=O) groups excluding carboxylic acids is 2. The lowest BCUT2D eigenvalue weighted by Crippen LogP contribution is -2.49. The van der Waals surface area contributed by atoms with Crippen LogP contribution < -0.4 is 20.2 Å². The van der Waals surface area contributed by atoms with Crippen molar-refractivity contribution in [2.24, 2.45) is 11.0 Å². The zero-order valence-corrected chi connectivity index (χ0v) is 20.8. The van der Waals surface area contributed by atoms with Gasteiger partial charge in [-0.15, -0.1) is 0 Å². The molecule has 0 aromatic heterocycles. The number of rotatable bonds is 10. The van der Waals surface area contributed by atoms with Gasteiger partial charge in [-0.25, -0.2) is 5.43 Å². The standard InChI is InChI=1S/C24H29Cl2N3O4/c1-14(2)10-21(24(31)29-27-13-17-6-8-19(32-5)11-15(17)3)28-23(30)16(4)33-22-9-7-18(25)12-20(22)26/h6-9,11-14,16,21H,10H2,1-5H3,(H,28,30)(H,29,31)/b27-13-/t16-,21+/m0/s1. The van der Waals surface area contributed by atoms with Gasteiger partial charge in [0.25, 0.3) is 11.8 Å². The SMILES string of the molecule is COc1ccc(/C=N\NC(=O)[C@@H](CC(C)C)NC(=O)[C@H](C)Oc2ccc(Cl)cc2Cl)c(C)c1. The minimum atomic E-state index is -0.878. The van der Waals surface area contributed by atoms with Gasteiger partial charge in [-0.3, -0.25) is 9.59 Å². The molecule has 0 heterocycles.